The molecule has 0 spiro atoms. The summed E-state index contributed by atoms with van der Waals surface area (Å²) in [5.41, 5.74) is 1.20. The second-order valence-corrected chi connectivity index (χ2v) is 7.64. The van der Waals surface area contributed by atoms with Crippen LogP contribution in [0.2, 0.25) is 0 Å². The zero-order valence-corrected chi connectivity index (χ0v) is 16.6. The van der Waals surface area contributed by atoms with Gasteiger partial charge in [-0.25, -0.2) is 4.79 Å². The standard InChI is InChI=1S/C21H30N2O3/c1-6-7-8-9-10-17-13-19(16(2)22-14-17)25-15-18-11-12-23(18)20(24)26-21(3,4)5/h13-14,18H,6-8,11-12,15H2,1-5H3/t18-/m0/s1. The highest BCUT2D eigenvalue weighted by atomic mass is 16.6. The molecule has 1 fully saturated rings. The van der Waals surface area contributed by atoms with E-state index in [1.54, 1.807) is 11.1 Å². The fraction of sp³-hybridized carbons (Fsp3) is 0.619. The van der Waals surface area contributed by atoms with Crippen LogP contribution in [0.15, 0.2) is 12.3 Å². The van der Waals surface area contributed by atoms with E-state index >= 15 is 0 Å². The normalized spacial score (nSPS) is 16.3. The zero-order valence-electron chi connectivity index (χ0n) is 16.6. The van der Waals surface area contributed by atoms with E-state index in [9.17, 15) is 4.79 Å². The van der Waals surface area contributed by atoms with Crippen molar-refractivity contribution in [3.63, 3.8) is 0 Å². The predicted octanol–water partition coefficient (Wildman–Crippen LogP) is 4.32. The Morgan fingerprint density at radius 2 is 2.19 bits per heavy atom. The number of rotatable bonds is 5. The lowest BCUT2D eigenvalue weighted by Crippen LogP contribution is -2.55. The predicted molar refractivity (Wildman–Crippen MR) is 102 cm³/mol. The molecule has 26 heavy (non-hydrogen) atoms. The summed E-state index contributed by atoms with van der Waals surface area (Å²) in [6.07, 6.45) is 5.57. The summed E-state index contributed by atoms with van der Waals surface area (Å²) >= 11 is 0. The van der Waals surface area contributed by atoms with Gasteiger partial charge in [-0.1, -0.05) is 25.2 Å². The average Bonchev–Trinajstić information content (AvgIpc) is 2.51. The third-order valence-corrected chi connectivity index (χ3v) is 4.13. The smallest absolute Gasteiger partial charge is 0.410 e. The van der Waals surface area contributed by atoms with Crippen molar-refractivity contribution in [2.24, 2.45) is 0 Å². The second kappa shape index (κ2) is 8.93. The number of hydrogen-bond acceptors (Lipinski definition) is 4. The summed E-state index contributed by atoms with van der Waals surface area (Å²) in [6, 6.07) is 1.97. The SMILES string of the molecule is CCCCC#Cc1cnc(C)c(OC[C@@H]2CCN2C(=O)OC(C)(C)C)c1. The number of pyridine rings is 1. The topological polar surface area (TPSA) is 51.7 Å². The van der Waals surface area contributed by atoms with Gasteiger partial charge in [0.05, 0.1) is 11.7 Å². The number of aryl methyl sites for hydroxylation is 1. The number of carbonyl (C=O) groups excluding carboxylic acids is 1. The summed E-state index contributed by atoms with van der Waals surface area (Å²) in [6.45, 7) is 10.8. The number of likely N-dealkylation sites (tertiary alicyclic amines) is 1. The van der Waals surface area contributed by atoms with Gasteiger partial charge < -0.3 is 14.4 Å². The van der Waals surface area contributed by atoms with Crippen LogP contribution in [0.25, 0.3) is 0 Å². The molecule has 1 aliphatic heterocycles. The maximum atomic E-state index is 12.2. The van der Waals surface area contributed by atoms with Crippen molar-refractivity contribution in [3.05, 3.63) is 23.5 Å². The molecule has 1 amide bonds. The first-order chi connectivity index (χ1) is 12.3. The van der Waals surface area contributed by atoms with E-state index in [4.69, 9.17) is 9.47 Å². The Hall–Kier alpha value is -2.22. The molecular formula is C21H30N2O3. The van der Waals surface area contributed by atoms with Crippen LogP contribution in [-0.2, 0) is 4.74 Å². The lowest BCUT2D eigenvalue weighted by molar-refractivity contribution is -0.0142. The van der Waals surface area contributed by atoms with Crippen molar-refractivity contribution < 1.29 is 14.3 Å². The molecule has 5 nitrogen and oxygen atoms in total. The number of amides is 1. The highest BCUT2D eigenvalue weighted by Crippen LogP contribution is 2.24. The van der Waals surface area contributed by atoms with E-state index < -0.39 is 5.60 Å². The fourth-order valence-electron chi connectivity index (χ4n) is 2.52. The van der Waals surface area contributed by atoms with Gasteiger partial charge in [-0.05, 0) is 46.6 Å². The molecule has 0 aliphatic carbocycles. The Bertz CT molecular complexity index is 683. The third-order valence-electron chi connectivity index (χ3n) is 4.13. The Kier molecular flexibility index (Phi) is 6.90. The van der Waals surface area contributed by atoms with Crippen LogP contribution in [0, 0.1) is 18.8 Å². The number of nitrogens with zero attached hydrogens (tertiary/aromatic N) is 2. The molecule has 0 bridgehead atoms. The molecule has 0 radical (unpaired) electrons. The number of carbonyl (C=O) groups is 1. The van der Waals surface area contributed by atoms with Gasteiger partial charge in [-0.3, -0.25) is 4.98 Å². The van der Waals surface area contributed by atoms with Gasteiger partial charge in [0, 0.05) is 24.7 Å². The van der Waals surface area contributed by atoms with Crippen LogP contribution < -0.4 is 4.74 Å². The van der Waals surface area contributed by atoms with Crippen LogP contribution in [0.5, 0.6) is 5.75 Å². The monoisotopic (exact) mass is 358 g/mol. The molecule has 1 atom stereocenters. The molecule has 2 heterocycles. The first kappa shape index (κ1) is 20.1. The quantitative estimate of drug-likeness (QED) is 0.581. The third kappa shape index (κ3) is 5.94. The lowest BCUT2D eigenvalue weighted by atomic mass is 10.1. The molecule has 5 heteroatoms. The first-order valence-corrected chi connectivity index (χ1v) is 9.38. The Balaban J connectivity index is 1.92. The van der Waals surface area contributed by atoms with Crippen molar-refractivity contribution in [3.8, 4) is 17.6 Å². The largest absolute Gasteiger partial charge is 0.489 e. The molecule has 0 aromatic carbocycles. The maximum Gasteiger partial charge on any atom is 0.410 e. The van der Waals surface area contributed by atoms with Crippen LogP contribution in [0.3, 0.4) is 0 Å². The van der Waals surface area contributed by atoms with E-state index in [1.165, 1.54) is 0 Å². The summed E-state index contributed by atoms with van der Waals surface area (Å²) in [7, 11) is 0. The Labute approximate surface area is 157 Å². The van der Waals surface area contributed by atoms with Crippen molar-refractivity contribution in [1.29, 1.82) is 0 Å². The van der Waals surface area contributed by atoms with Crippen molar-refractivity contribution in [2.45, 2.75) is 71.9 Å². The average molecular weight is 358 g/mol. The number of aromatic nitrogens is 1. The van der Waals surface area contributed by atoms with Crippen molar-refractivity contribution >= 4 is 6.09 Å². The van der Waals surface area contributed by atoms with E-state index in [2.05, 4.69) is 23.7 Å². The van der Waals surface area contributed by atoms with Crippen molar-refractivity contribution in [2.75, 3.05) is 13.2 Å². The summed E-state index contributed by atoms with van der Waals surface area (Å²) in [4.78, 5) is 18.3. The molecular weight excluding hydrogens is 328 g/mol. The molecule has 142 valence electrons. The van der Waals surface area contributed by atoms with Gasteiger partial charge in [-0.2, -0.15) is 0 Å². The molecule has 1 aromatic rings. The number of ether oxygens (including phenoxy) is 2. The lowest BCUT2D eigenvalue weighted by Gasteiger charge is -2.41. The molecule has 0 saturated carbocycles. The van der Waals surface area contributed by atoms with Crippen LogP contribution in [-0.4, -0.2) is 40.8 Å². The maximum absolute atomic E-state index is 12.2. The van der Waals surface area contributed by atoms with Crippen LogP contribution in [0.1, 0.15) is 64.6 Å². The molecule has 1 aromatic heterocycles. The molecule has 1 saturated heterocycles. The van der Waals surface area contributed by atoms with E-state index in [1.807, 2.05) is 33.8 Å². The molecule has 0 N–H and O–H groups in total. The van der Waals surface area contributed by atoms with Gasteiger partial charge in [0.2, 0.25) is 0 Å². The van der Waals surface area contributed by atoms with E-state index in [-0.39, 0.29) is 12.1 Å². The van der Waals surface area contributed by atoms with Gasteiger partial charge in [0.1, 0.15) is 18.0 Å². The van der Waals surface area contributed by atoms with Crippen molar-refractivity contribution in [1.82, 2.24) is 9.88 Å². The van der Waals surface area contributed by atoms with E-state index in [0.717, 1.165) is 42.7 Å². The zero-order chi connectivity index (χ0) is 19.2. The van der Waals surface area contributed by atoms with Crippen LogP contribution in [0.4, 0.5) is 4.79 Å². The Morgan fingerprint density at radius 3 is 2.81 bits per heavy atom. The van der Waals surface area contributed by atoms with Gasteiger partial charge in [-0.15, -0.1) is 0 Å². The minimum Gasteiger partial charge on any atom is -0.489 e. The minimum absolute atomic E-state index is 0.0449. The second-order valence-electron chi connectivity index (χ2n) is 7.64. The van der Waals surface area contributed by atoms with Gasteiger partial charge >= 0.3 is 6.09 Å². The summed E-state index contributed by atoms with van der Waals surface area (Å²) in [5.74, 6) is 7.03. The van der Waals surface area contributed by atoms with E-state index in [0.29, 0.717) is 13.2 Å². The fourth-order valence-corrected chi connectivity index (χ4v) is 2.52. The number of unbranched alkanes of at least 4 members (excludes halogenated alkanes) is 2. The number of hydrogen-bond donors (Lipinski definition) is 0. The first-order valence-electron chi connectivity index (χ1n) is 9.38. The molecule has 2 rings (SSSR count). The summed E-state index contributed by atoms with van der Waals surface area (Å²) < 4.78 is 11.4. The Morgan fingerprint density at radius 1 is 1.42 bits per heavy atom. The highest BCUT2D eigenvalue weighted by molar-refractivity contribution is 5.69. The summed E-state index contributed by atoms with van der Waals surface area (Å²) in [5, 5.41) is 0. The van der Waals surface area contributed by atoms with Crippen LogP contribution >= 0.6 is 0 Å². The van der Waals surface area contributed by atoms with Gasteiger partial charge in [0.15, 0.2) is 0 Å². The highest BCUT2D eigenvalue weighted by Gasteiger charge is 2.35. The van der Waals surface area contributed by atoms with Gasteiger partial charge in [0.25, 0.3) is 0 Å². The molecule has 1 aliphatic rings. The molecule has 0 unspecified atom stereocenters. The minimum atomic E-state index is -0.483.